The zero-order chi connectivity index (χ0) is 15.2. The Labute approximate surface area is 130 Å². The quantitative estimate of drug-likeness (QED) is 0.646. The minimum absolute atomic E-state index is 0.563. The molecule has 0 aliphatic heterocycles. The molecule has 1 aromatic heterocycles. The first-order chi connectivity index (χ1) is 10.9. The predicted octanol–water partition coefficient (Wildman–Crippen LogP) is 4.81. The zero-order valence-electron chi connectivity index (χ0n) is 12.0. The van der Waals surface area contributed by atoms with Gasteiger partial charge in [0.1, 0.15) is 6.07 Å². The number of hydrogen-bond donors (Lipinski definition) is 0. The molecule has 3 aromatic rings. The number of benzene rings is 2. The third kappa shape index (κ3) is 3.11. The van der Waals surface area contributed by atoms with Gasteiger partial charge in [-0.3, -0.25) is 4.98 Å². The molecule has 0 unspecified atom stereocenters. The summed E-state index contributed by atoms with van der Waals surface area (Å²) in [6.45, 7) is 0. The lowest BCUT2D eigenvalue weighted by Gasteiger charge is -2.03. The van der Waals surface area contributed by atoms with Crippen LogP contribution in [0.4, 0.5) is 0 Å². The van der Waals surface area contributed by atoms with Gasteiger partial charge in [-0.25, -0.2) is 0 Å². The molecule has 2 nitrogen and oxygen atoms in total. The number of allylic oxidation sites excluding steroid dienone is 1. The van der Waals surface area contributed by atoms with Crippen LogP contribution < -0.4 is 0 Å². The maximum atomic E-state index is 9.32. The Morgan fingerprint density at radius 3 is 2.14 bits per heavy atom. The molecule has 0 aliphatic rings. The Bertz CT molecular complexity index is 811. The molecule has 0 radical (unpaired) electrons. The predicted molar refractivity (Wildman–Crippen MR) is 89.6 cm³/mol. The summed E-state index contributed by atoms with van der Waals surface area (Å²) in [6.07, 6.45) is 3.55. The van der Waals surface area contributed by atoms with Crippen molar-refractivity contribution >= 4 is 11.6 Å². The summed E-state index contributed by atoms with van der Waals surface area (Å²) in [6, 6.07) is 26.2. The summed E-state index contributed by atoms with van der Waals surface area (Å²) in [4.78, 5) is 4.22. The first-order valence-electron chi connectivity index (χ1n) is 7.05. The maximum absolute atomic E-state index is 9.32. The van der Waals surface area contributed by atoms with E-state index in [-0.39, 0.29) is 0 Å². The van der Waals surface area contributed by atoms with Crippen LogP contribution >= 0.6 is 0 Å². The van der Waals surface area contributed by atoms with E-state index in [0.717, 1.165) is 11.1 Å². The molecular formula is C20H14N2. The van der Waals surface area contributed by atoms with Gasteiger partial charge in [-0.15, -0.1) is 0 Å². The van der Waals surface area contributed by atoms with Crippen molar-refractivity contribution in [1.82, 2.24) is 4.98 Å². The number of aromatic nitrogens is 1. The van der Waals surface area contributed by atoms with Gasteiger partial charge in [0.25, 0.3) is 0 Å². The van der Waals surface area contributed by atoms with Crippen LogP contribution in [0.2, 0.25) is 0 Å². The highest BCUT2D eigenvalue weighted by Gasteiger charge is 2.02. The Morgan fingerprint density at radius 2 is 1.50 bits per heavy atom. The molecule has 0 saturated heterocycles. The van der Waals surface area contributed by atoms with Crippen LogP contribution in [-0.4, -0.2) is 4.98 Å². The first kappa shape index (κ1) is 13.8. The molecule has 0 spiro atoms. The van der Waals surface area contributed by atoms with Crippen molar-refractivity contribution in [1.29, 1.82) is 5.26 Å². The van der Waals surface area contributed by atoms with E-state index >= 15 is 0 Å². The van der Waals surface area contributed by atoms with Crippen molar-refractivity contribution in [2.45, 2.75) is 0 Å². The van der Waals surface area contributed by atoms with Gasteiger partial charge in [0.05, 0.1) is 11.3 Å². The van der Waals surface area contributed by atoms with E-state index < -0.39 is 0 Å². The largest absolute Gasteiger partial charge is 0.256 e. The second-order valence-corrected chi connectivity index (χ2v) is 4.87. The highest BCUT2D eigenvalue weighted by molar-refractivity contribution is 5.88. The molecule has 0 fully saturated rings. The van der Waals surface area contributed by atoms with Crippen LogP contribution in [0.3, 0.4) is 0 Å². The third-order valence-corrected chi connectivity index (χ3v) is 3.39. The van der Waals surface area contributed by atoms with Gasteiger partial charge in [0, 0.05) is 6.20 Å². The van der Waals surface area contributed by atoms with E-state index in [9.17, 15) is 5.26 Å². The molecule has 0 bridgehead atoms. The standard InChI is InChI=1S/C20H14N2/c21-15-19(20-8-4-5-13-22-20)14-16-9-11-18(12-10-16)17-6-2-1-3-7-17/h1-14H/b19-14-. The Kier molecular flexibility index (Phi) is 4.08. The van der Waals surface area contributed by atoms with E-state index in [1.807, 2.05) is 54.6 Å². The topological polar surface area (TPSA) is 36.7 Å². The Hall–Kier alpha value is -3.18. The fraction of sp³-hybridized carbons (Fsp3) is 0. The summed E-state index contributed by atoms with van der Waals surface area (Å²) < 4.78 is 0. The van der Waals surface area contributed by atoms with E-state index in [1.165, 1.54) is 5.56 Å². The van der Waals surface area contributed by atoms with Crippen LogP contribution in [-0.2, 0) is 0 Å². The molecule has 0 atom stereocenters. The van der Waals surface area contributed by atoms with Crippen LogP contribution in [0, 0.1) is 11.3 Å². The van der Waals surface area contributed by atoms with Crippen molar-refractivity contribution in [2.24, 2.45) is 0 Å². The van der Waals surface area contributed by atoms with Gasteiger partial charge >= 0.3 is 0 Å². The normalized spacial score (nSPS) is 11.0. The summed E-state index contributed by atoms with van der Waals surface area (Å²) in [7, 11) is 0. The molecule has 3 rings (SSSR count). The minimum Gasteiger partial charge on any atom is -0.256 e. The molecule has 0 N–H and O–H groups in total. The fourth-order valence-electron chi connectivity index (χ4n) is 2.25. The fourth-order valence-corrected chi connectivity index (χ4v) is 2.25. The van der Waals surface area contributed by atoms with Crippen LogP contribution in [0.25, 0.3) is 22.8 Å². The SMILES string of the molecule is N#C/C(=C/c1ccc(-c2ccccc2)cc1)c1ccccn1. The summed E-state index contributed by atoms with van der Waals surface area (Å²) >= 11 is 0. The zero-order valence-corrected chi connectivity index (χ0v) is 12.0. The number of hydrogen-bond acceptors (Lipinski definition) is 2. The molecule has 22 heavy (non-hydrogen) atoms. The van der Waals surface area contributed by atoms with E-state index in [0.29, 0.717) is 11.3 Å². The van der Waals surface area contributed by atoms with Crippen LogP contribution in [0.1, 0.15) is 11.3 Å². The Balaban J connectivity index is 1.90. The number of nitriles is 1. The van der Waals surface area contributed by atoms with Gasteiger partial charge in [-0.2, -0.15) is 5.26 Å². The summed E-state index contributed by atoms with van der Waals surface area (Å²) in [5.41, 5.74) is 4.59. The average molecular weight is 282 g/mol. The molecular weight excluding hydrogens is 268 g/mol. The average Bonchev–Trinajstić information content (AvgIpc) is 2.62. The van der Waals surface area contributed by atoms with Crippen molar-refractivity contribution in [2.75, 3.05) is 0 Å². The summed E-state index contributed by atoms with van der Waals surface area (Å²) in [5.74, 6) is 0. The number of nitrogens with zero attached hydrogens (tertiary/aromatic N) is 2. The van der Waals surface area contributed by atoms with Gasteiger partial charge in [-0.05, 0) is 34.9 Å². The second kappa shape index (κ2) is 6.51. The smallest absolute Gasteiger partial charge is 0.101 e. The molecule has 104 valence electrons. The lowest BCUT2D eigenvalue weighted by Crippen LogP contribution is -1.86. The molecule has 0 saturated carbocycles. The number of pyridine rings is 1. The number of rotatable bonds is 3. The van der Waals surface area contributed by atoms with E-state index in [4.69, 9.17) is 0 Å². The first-order valence-corrected chi connectivity index (χ1v) is 7.05. The monoisotopic (exact) mass is 282 g/mol. The van der Waals surface area contributed by atoms with Gasteiger partial charge in [0.2, 0.25) is 0 Å². The second-order valence-electron chi connectivity index (χ2n) is 4.87. The van der Waals surface area contributed by atoms with Crippen molar-refractivity contribution in [3.63, 3.8) is 0 Å². The van der Waals surface area contributed by atoms with Gasteiger partial charge in [0.15, 0.2) is 0 Å². The van der Waals surface area contributed by atoms with Crippen LogP contribution in [0.5, 0.6) is 0 Å². The van der Waals surface area contributed by atoms with Crippen LogP contribution in [0.15, 0.2) is 79.0 Å². The van der Waals surface area contributed by atoms with Gasteiger partial charge < -0.3 is 0 Å². The highest BCUT2D eigenvalue weighted by Crippen LogP contribution is 2.21. The van der Waals surface area contributed by atoms with E-state index in [1.54, 1.807) is 6.20 Å². The molecule has 1 heterocycles. The molecule has 2 aromatic carbocycles. The molecule has 2 heteroatoms. The summed E-state index contributed by atoms with van der Waals surface area (Å²) in [5, 5.41) is 9.32. The Morgan fingerprint density at radius 1 is 0.818 bits per heavy atom. The molecule has 0 aliphatic carbocycles. The van der Waals surface area contributed by atoms with Crippen molar-refractivity contribution < 1.29 is 0 Å². The minimum atomic E-state index is 0.563. The lowest BCUT2D eigenvalue weighted by atomic mass is 10.0. The maximum Gasteiger partial charge on any atom is 0.101 e. The van der Waals surface area contributed by atoms with E-state index in [2.05, 4.69) is 35.3 Å². The van der Waals surface area contributed by atoms with Crippen molar-refractivity contribution in [3.8, 4) is 17.2 Å². The molecule has 0 amide bonds. The third-order valence-electron chi connectivity index (χ3n) is 3.39. The highest BCUT2D eigenvalue weighted by atomic mass is 14.7. The van der Waals surface area contributed by atoms with Crippen molar-refractivity contribution in [3.05, 3.63) is 90.3 Å². The lowest BCUT2D eigenvalue weighted by molar-refractivity contribution is 1.28. The van der Waals surface area contributed by atoms with Gasteiger partial charge in [-0.1, -0.05) is 60.7 Å².